The van der Waals surface area contributed by atoms with Crippen molar-refractivity contribution in [1.29, 1.82) is 0 Å². The topological polar surface area (TPSA) is 39.9 Å². The number of para-hydroxylation sites is 2. The Morgan fingerprint density at radius 1 is 0.882 bits per heavy atom. The van der Waals surface area contributed by atoms with Gasteiger partial charge in [-0.15, -0.1) is 15.0 Å². The summed E-state index contributed by atoms with van der Waals surface area (Å²) in [5, 5.41) is 8.83. The summed E-state index contributed by atoms with van der Waals surface area (Å²) < 4.78 is 5.29. The van der Waals surface area contributed by atoms with Crippen LogP contribution in [-0.4, -0.2) is 22.1 Å². The minimum Gasteiger partial charge on any atom is -0.494 e. The lowest BCUT2D eigenvalue weighted by atomic mass is 10.3. The van der Waals surface area contributed by atoms with Gasteiger partial charge in [0.15, 0.2) is 0 Å². The molecule has 0 saturated heterocycles. The van der Waals surface area contributed by atoms with Gasteiger partial charge in [-0.1, -0.05) is 24.3 Å². The van der Waals surface area contributed by atoms with Crippen molar-refractivity contribution >= 4 is 11.0 Å². The third-order valence-electron chi connectivity index (χ3n) is 2.59. The molecule has 0 atom stereocenters. The summed E-state index contributed by atoms with van der Waals surface area (Å²) in [5.41, 5.74) is 2.59. The molecule has 2 aromatic carbocycles. The minimum atomic E-state index is 0.757. The van der Waals surface area contributed by atoms with Crippen molar-refractivity contribution in [1.82, 2.24) is 15.0 Å². The first-order valence-corrected chi connectivity index (χ1v) is 5.34. The molecule has 0 bridgehead atoms. The zero-order chi connectivity index (χ0) is 11.7. The molecule has 0 aliphatic heterocycles. The largest absolute Gasteiger partial charge is 0.494 e. The monoisotopic (exact) mass is 225 g/mol. The van der Waals surface area contributed by atoms with Gasteiger partial charge in [-0.3, -0.25) is 0 Å². The molecule has 0 aliphatic rings. The summed E-state index contributed by atoms with van der Waals surface area (Å²) in [7, 11) is 1.64. The Morgan fingerprint density at radius 3 is 2.12 bits per heavy atom. The maximum Gasteiger partial charge on any atom is 0.146 e. The highest BCUT2D eigenvalue weighted by molar-refractivity contribution is 5.73. The van der Waals surface area contributed by atoms with Gasteiger partial charge in [-0.2, -0.15) is 0 Å². The second-order valence-electron chi connectivity index (χ2n) is 3.65. The number of ether oxygens (including phenoxy) is 1. The molecule has 0 radical (unpaired) electrons. The van der Waals surface area contributed by atoms with Crippen molar-refractivity contribution in [3.63, 3.8) is 0 Å². The van der Waals surface area contributed by atoms with Crippen molar-refractivity contribution in [2.75, 3.05) is 7.11 Å². The van der Waals surface area contributed by atoms with Crippen molar-refractivity contribution in [2.24, 2.45) is 0 Å². The maximum atomic E-state index is 5.29. The SMILES string of the molecule is COc1ccccc1-n1nc2ccccc2n1. The van der Waals surface area contributed by atoms with Gasteiger partial charge in [-0.05, 0) is 24.3 Å². The van der Waals surface area contributed by atoms with Gasteiger partial charge in [-0.25, -0.2) is 0 Å². The van der Waals surface area contributed by atoms with E-state index in [4.69, 9.17) is 4.74 Å². The first kappa shape index (κ1) is 9.84. The fourth-order valence-corrected chi connectivity index (χ4v) is 1.76. The number of aromatic nitrogens is 3. The van der Waals surface area contributed by atoms with E-state index in [1.54, 1.807) is 11.9 Å². The Balaban J connectivity index is 2.20. The number of benzene rings is 2. The van der Waals surface area contributed by atoms with Crippen molar-refractivity contribution < 1.29 is 4.74 Å². The van der Waals surface area contributed by atoms with Crippen molar-refractivity contribution in [3.8, 4) is 11.4 Å². The van der Waals surface area contributed by atoms with E-state index in [1.807, 2.05) is 48.5 Å². The van der Waals surface area contributed by atoms with E-state index in [0.717, 1.165) is 22.5 Å². The molecule has 0 aliphatic carbocycles. The Kier molecular flexibility index (Phi) is 2.26. The molecule has 17 heavy (non-hydrogen) atoms. The molecule has 0 saturated carbocycles. The second kappa shape index (κ2) is 3.90. The molecule has 3 aromatic rings. The average molecular weight is 225 g/mol. The van der Waals surface area contributed by atoms with Crippen LogP contribution in [0.15, 0.2) is 48.5 Å². The van der Waals surface area contributed by atoms with Crippen molar-refractivity contribution in [3.05, 3.63) is 48.5 Å². The summed E-state index contributed by atoms with van der Waals surface area (Å²) in [6, 6.07) is 15.5. The summed E-state index contributed by atoms with van der Waals surface area (Å²) >= 11 is 0. The summed E-state index contributed by atoms with van der Waals surface area (Å²) in [4.78, 5) is 1.60. The first-order chi connectivity index (χ1) is 8.38. The number of methoxy groups -OCH3 is 1. The van der Waals surface area contributed by atoms with Crippen LogP contribution in [0.4, 0.5) is 0 Å². The van der Waals surface area contributed by atoms with Gasteiger partial charge in [0.25, 0.3) is 0 Å². The molecule has 1 heterocycles. The number of nitrogens with zero attached hydrogens (tertiary/aromatic N) is 3. The van der Waals surface area contributed by atoms with Crippen LogP contribution in [-0.2, 0) is 0 Å². The molecule has 0 fully saturated rings. The summed E-state index contributed by atoms with van der Waals surface area (Å²) in [6.07, 6.45) is 0. The lowest BCUT2D eigenvalue weighted by Gasteiger charge is -2.05. The van der Waals surface area contributed by atoms with Gasteiger partial charge in [0.1, 0.15) is 22.5 Å². The third kappa shape index (κ3) is 1.63. The predicted molar refractivity (Wildman–Crippen MR) is 65.4 cm³/mol. The standard InChI is InChI=1S/C13H11N3O/c1-17-13-9-5-4-8-12(13)16-14-10-6-2-3-7-11(10)15-16/h2-9H,1H3. The zero-order valence-electron chi connectivity index (χ0n) is 9.37. The van der Waals surface area contributed by atoms with E-state index in [0.29, 0.717) is 0 Å². The molecule has 4 heteroatoms. The van der Waals surface area contributed by atoms with E-state index in [-0.39, 0.29) is 0 Å². The lowest BCUT2D eigenvalue weighted by Crippen LogP contribution is -2.01. The molecular formula is C13H11N3O. The fraction of sp³-hybridized carbons (Fsp3) is 0.0769. The highest BCUT2D eigenvalue weighted by Gasteiger charge is 2.07. The molecule has 0 spiro atoms. The minimum absolute atomic E-state index is 0.757. The fourth-order valence-electron chi connectivity index (χ4n) is 1.76. The van der Waals surface area contributed by atoms with E-state index < -0.39 is 0 Å². The summed E-state index contributed by atoms with van der Waals surface area (Å²) in [6.45, 7) is 0. The van der Waals surface area contributed by atoms with E-state index in [1.165, 1.54) is 0 Å². The van der Waals surface area contributed by atoms with Crippen LogP contribution in [0.1, 0.15) is 0 Å². The van der Waals surface area contributed by atoms with Crippen LogP contribution in [0, 0.1) is 0 Å². The molecule has 0 amide bonds. The average Bonchev–Trinajstić information content (AvgIpc) is 2.82. The second-order valence-corrected chi connectivity index (χ2v) is 3.65. The van der Waals surface area contributed by atoms with Crippen molar-refractivity contribution in [2.45, 2.75) is 0 Å². The third-order valence-corrected chi connectivity index (χ3v) is 2.59. The normalized spacial score (nSPS) is 10.6. The highest BCUT2D eigenvalue weighted by atomic mass is 16.5. The van der Waals surface area contributed by atoms with E-state index >= 15 is 0 Å². The number of fused-ring (bicyclic) bond motifs is 1. The lowest BCUT2D eigenvalue weighted by molar-refractivity contribution is 0.410. The van der Waals surface area contributed by atoms with Gasteiger partial charge in [0.2, 0.25) is 0 Å². The molecule has 1 aromatic heterocycles. The summed E-state index contributed by atoms with van der Waals surface area (Å²) in [5.74, 6) is 0.757. The Hall–Kier alpha value is -2.36. The van der Waals surface area contributed by atoms with Crippen LogP contribution < -0.4 is 4.74 Å². The first-order valence-electron chi connectivity index (χ1n) is 5.34. The molecule has 0 N–H and O–H groups in total. The number of rotatable bonds is 2. The number of hydrogen-bond donors (Lipinski definition) is 0. The molecule has 84 valence electrons. The van der Waals surface area contributed by atoms with Crippen LogP contribution in [0.5, 0.6) is 5.75 Å². The van der Waals surface area contributed by atoms with Crippen LogP contribution >= 0.6 is 0 Å². The molecule has 0 unspecified atom stereocenters. The van der Waals surface area contributed by atoms with Gasteiger partial charge in [0, 0.05) is 0 Å². The molecular weight excluding hydrogens is 214 g/mol. The van der Waals surface area contributed by atoms with E-state index in [9.17, 15) is 0 Å². The Morgan fingerprint density at radius 2 is 1.47 bits per heavy atom. The predicted octanol–water partition coefficient (Wildman–Crippen LogP) is 2.43. The molecule has 3 rings (SSSR count). The molecule has 4 nitrogen and oxygen atoms in total. The van der Waals surface area contributed by atoms with Gasteiger partial charge < -0.3 is 4.74 Å². The maximum absolute atomic E-state index is 5.29. The highest BCUT2D eigenvalue weighted by Crippen LogP contribution is 2.21. The number of hydrogen-bond acceptors (Lipinski definition) is 3. The Bertz CT molecular complexity index is 627. The van der Waals surface area contributed by atoms with Crippen LogP contribution in [0.25, 0.3) is 16.7 Å². The quantitative estimate of drug-likeness (QED) is 0.672. The van der Waals surface area contributed by atoms with Gasteiger partial charge in [0.05, 0.1) is 7.11 Å². The smallest absolute Gasteiger partial charge is 0.146 e. The Labute approximate surface area is 98.4 Å². The zero-order valence-corrected chi connectivity index (χ0v) is 9.37. The van der Waals surface area contributed by atoms with E-state index in [2.05, 4.69) is 10.2 Å². The van der Waals surface area contributed by atoms with Crippen LogP contribution in [0.2, 0.25) is 0 Å². The van der Waals surface area contributed by atoms with Gasteiger partial charge >= 0.3 is 0 Å². The van der Waals surface area contributed by atoms with Crippen LogP contribution in [0.3, 0.4) is 0 Å².